The lowest BCUT2D eigenvalue weighted by Gasteiger charge is -2.29. The molecule has 6 rings (SSSR count). The fourth-order valence-electron chi connectivity index (χ4n) is 5.39. The summed E-state index contributed by atoms with van der Waals surface area (Å²) < 4.78 is 1.79. The first-order valence-electron chi connectivity index (χ1n) is 12.8. The number of aromatic nitrogens is 3. The molecule has 0 saturated carbocycles. The van der Waals surface area contributed by atoms with Crippen molar-refractivity contribution >= 4 is 28.4 Å². The number of amides is 1. The Morgan fingerprint density at radius 3 is 2.72 bits per heavy atom. The molecule has 6 heterocycles. The minimum Gasteiger partial charge on any atom is -0.366 e. The predicted octanol–water partition coefficient (Wildman–Crippen LogP) is 3.13. The molecule has 0 spiro atoms. The van der Waals surface area contributed by atoms with Crippen LogP contribution in [0.3, 0.4) is 0 Å². The van der Waals surface area contributed by atoms with Crippen LogP contribution in [0.2, 0.25) is 0 Å². The van der Waals surface area contributed by atoms with Gasteiger partial charge in [0.15, 0.2) is 0 Å². The largest absolute Gasteiger partial charge is 0.366 e. The highest BCUT2D eigenvalue weighted by Gasteiger charge is 2.23. The van der Waals surface area contributed by atoms with Crippen LogP contribution in [0.4, 0.5) is 5.82 Å². The number of carbonyl (C=O) groups is 1. The van der Waals surface area contributed by atoms with Crippen molar-refractivity contribution in [2.45, 2.75) is 25.3 Å². The topological polar surface area (TPSA) is 77.8 Å². The molecular weight excluding hydrogens is 450 g/mol. The van der Waals surface area contributed by atoms with Crippen molar-refractivity contribution in [3.63, 3.8) is 0 Å². The van der Waals surface area contributed by atoms with Crippen molar-refractivity contribution in [3.05, 3.63) is 71.2 Å². The summed E-state index contributed by atoms with van der Waals surface area (Å²) >= 11 is 0. The number of likely N-dealkylation sites (N-methyl/N-ethyl adjacent to an activating group) is 1. The predicted molar refractivity (Wildman–Crippen MR) is 143 cm³/mol. The normalized spacial score (nSPS) is 19.4. The first-order valence-corrected chi connectivity index (χ1v) is 12.8. The molecule has 186 valence electrons. The molecule has 0 radical (unpaired) electrons. The van der Waals surface area contributed by atoms with E-state index in [9.17, 15) is 4.79 Å². The lowest BCUT2D eigenvalue weighted by atomic mass is 9.92. The lowest BCUT2D eigenvalue weighted by molar-refractivity contribution is 0.0918. The van der Waals surface area contributed by atoms with Gasteiger partial charge in [-0.05, 0) is 86.9 Å². The van der Waals surface area contributed by atoms with Crippen molar-refractivity contribution in [2.24, 2.45) is 0 Å². The van der Waals surface area contributed by atoms with Gasteiger partial charge in [-0.15, -0.1) is 0 Å². The maximum absolute atomic E-state index is 13.2. The molecule has 3 aromatic heterocycles. The summed E-state index contributed by atoms with van der Waals surface area (Å²) in [6.07, 6.45) is 13.1. The lowest BCUT2D eigenvalue weighted by Crippen LogP contribution is -2.43. The van der Waals surface area contributed by atoms with E-state index in [2.05, 4.69) is 70.0 Å². The number of anilines is 1. The van der Waals surface area contributed by atoms with Crippen LogP contribution in [0.15, 0.2) is 48.9 Å². The molecule has 2 N–H and O–H groups in total. The number of rotatable bonds is 4. The van der Waals surface area contributed by atoms with E-state index in [1.165, 1.54) is 11.1 Å². The average molecular weight is 484 g/mol. The van der Waals surface area contributed by atoms with Gasteiger partial charge in [-0.3, -0.25) is 4.79 Å². The Labute approximate surface area is 211 Å². The first kappa shape index (κ1) is 22.9. The van der Waals surface area contributed by atoms with Gasteiger partial charge in [0.2, 0.25) is 0 Å². The number of pyridine rings is 2. The summed E-state index contributed by atoms with van der Waals surface area (Å²) in [7, 11) is 4.28. The Kier molecular flexibility index (Phi) is 6.07. The monoisotopic (exact) mass is 483 g/mol. The van der Waals surface area contributed by atoms with Crippen molar-refractivity contribution < 1.29 is 4.79 Å². The van der Waals surface area contributed by atoms with Crippen LogP contribution in [0, 0.1) is 0 Å². The summed E-state index contributed by atoms with van der Waals surface area (Å²) in [4.78, 5) is 22.6. The van der Waals surface area contributed by atoms with Crippen LogP contribution in [0.1, 0.15) is 46.3 Å². The van der Waals surface area contributed by atoms with Gasteiger partial charge in [0.05, 0.1) is 17.3 Å². The van der Waals surface area contributed by atoms with Crippen molar-refractivity contribution in [3.8, 4) is 0 Å². The van der Waals surface area contributed by atoms with Crippen molar-refractivity contribution in [2.75, 3.05) is 52.1 Å². The average Bonchev–Trinajstić information content (AvgIpc) is 3.33. The second-order valence-electron chi connectivity index (χ2n) is 10.2. The van der Waals surface area contributed by atoms with Gasteiger partial charge in [-0.2, -0.15) is 5.10 Å². The second kappa shape index (κ2) is 9.52. The molecule has 1 fully saturated rings. The quantitative estimate of drug-likeness (QED) is 0.594. The number of likely N-dealkylation sites (tertiary alicyclic amines) is 1. The highest BCUT2D eigenvalue weighted by atomic mass is 16.1. The van der Waals surface area contributed by atoms with E-state index >= 15 is 0 Å². The minimum atomic E-state index is -0.0467. The standard InChI is InChI=1S/C28H33N7O/c1-33-10-4-19(5-11-33)21-15-24-23(3-9-29-27(24)30-17-21)20-6-14-35-26(16-20)25(18-31-35)28(36)32-22-7-12-34(2)13-8-22/h3-4,6,14-18,22H,5,7-13H2,1-2H3,(H,29,30)(H,32,36). The van der Waals surface area contributed by atoms with Gasteiger partial charge in [0.25, 0.3) is 5.91 Å². The van der Waals surface area contributed by atoms with E-state index in [0.717, 1.165) is 80.0 Å². The summed E-state index contributed by atoms with van der Waals surface area (Å²) in [6.45, 7) is 4.76. The number of fused-ring (bicyclic) bond motifs is 2. The molecule has 1 saturated heterocycles. The van der Waals surface area contributed by atoms with E-state index in [0.29, 0.717) is 5.56 Å². The van der Waals surface area contributed by atoms with Crippen molar-refractivity contribution in [1.29, 1.82) is 0 Å². The van der Waals surface area contributed by atoms with Gasteiger partial charge >= 0.3 is 0 Å². The molecule has 3 aromatic rings. The number of nitrogens with zero attached hydrogens (tertiary/aromatic N) is 5. The fraction of sp³-hybridized carbons (Fsp3) is 0.393. The summed E-state index contributed by atoms with van der Waals surface area (Å²) in [5.41, 5.74) is 7.27. The summed E-state index contributed by atoms with van der Waals surface area (Å²) in [5.74, 6) is 0.855. The molecule has 3 aliphatic rings. The van der Waals surface area contributed by atoms with Gasteiger partial charge in [0.1, 0.15) is 5.82 Å². The Morgan fingerprint density at radius 2 is 1.92 bits per heavy atom. The molecule has 0 aromatic carbocycles. The Balaban J connectivity index is 1.30. The zero-order chi connectivity index (χ0) is 24.6. The third-order valence-corrected chi connectivity index (χ3v) is 7.67. The molecule has 1 amide bonds. The van der Waals surface area contributed by atoms with E-state index in [1.807, 2.05) is 12.4 Å². The van der Waals surface area contributed by atoms with E-state index in [1.54, 1.807) is 10.7 Å². The second-order valence-corrected chi connectivity index (χ2v) is 10.2. The van der Waals surface area contributed by atoms with Crippen LogP contribution in [0.25, 0.3) is 16.7 Å². The third kappa shape index (κ3) is 4.42. The molecule has 0 atom stereocenters. The fourth-order valence-corrected chi connectivity index (χ4v) is 5.39. The summed E-state index contributed by atoms with van der Waals surface area (Å²) in [5, 5.41) is 11.1. The van der Waals surface area contributed by atoms with E-state index < -0.39 is 0 Å². The Hall–Kier alpha value is -3.49. The molecule has 8 heteroatoms. The number of hydrogen-bond donors (Lipinski definition) is 2. The van der Waals surface area contributed by atoms with Crippen LogP contribution >= 0.6 is 0 Å². The van der Waals surface area contributed by atoms with Gasteiger partial charge in [-0.1, -0.05) is 12.2 Å². The Bertz CT molecular complexity index is 1360. The SMILES string of the molecule is CN1CC=C(c2cnc3c(c2)C(c2ccn4ncc(C(=O)NC5CCN(C)CC5)c4c2)=CCN3)CC1. The highest BCUT2D eigenvalue weighted by molar-refractivity contribution is 6.01. The van der Waals surface area contributed by atoms with Gasteiger partial charge < -0.3 is 20.4 Å². The minimum absolute atomic E-state index is 0.0467. The van der Waals surface area contributed by atoms with Crippen LogP contribution < -0.4 is 10.6 Å². The number of piperidine rings is 1. The van der Waals surface area contributed by atoms with Crippen molar-refractivity contribution in [1.82, 2.24) is 29.7 Å². The molecule has 0 aliphatic carbocycles. The summed E-state index contributed by atoms with van der Waals surface area (Å²) in [6, 6.07) is 6.62. The molecule has 0 unspecified atom stereocenters. The molecule has 3 aliphatic heterocycles. The molecular formula is C28H33N7O. The Morgan fingerprint density at radius 1 is 1.06 bits per heavy atom. The number of hydrogen-bond acceptors (Lipinski definition) is 6. The van der Waals surface area contributed by atoms with Gasteiger partial charge in [-0.25, -0.2) is 9.50 Å². The maximum atomic E-state index is 13.2. The van der Waals surface area contributed by atoms with Crippen LogP contribution in [0.5, 0.6) is 0 Å². The zero-order valence-corrected chi connectivity index (χ0v) is 21.0. The highest BCUT2D eigenvalue weighted by Crippen LogP contribution is 2.34. The smallest absolute Gasteiger partial charge is 0.255 e. The molecule has 36 heavy (non-hydrogen) atoms. The van der Waals surface area contributed by atoms with E-state index in [-0.39, 0.29) is 11.9 Å². The molecule has 0 bridgehead atoms. The third-order valence-electron chi connectivity index (χ3n) is 7.67. The number of carbonyl (C=O) groups excluding carboxylic acids is 1. The van der Waals surface area contributed by atoms with Crippen LogP contribution in [-0.4, -0.2) is 83.2 Å². The maximum Gasteiger partial charge on any atom is 0.255 e. The van der Waals surface area contributed by atoms with Crippen LogP contribution in [-0.2, 0) is 0 Å². The van der Waals surface area contributed by atoms with E-state index in [4.69, 9.17) is 4.98 Å². The first-order chi connectivity index (χ1) is 17.5. The van der Waals surface area contributed by atoms with Gasteiger partial charge in [0, 0.05) is 43.6 Å². The number of nitrogens with one attached hydrogen (secondary N) is 2. The molecule has 8 nitrogen and oxygen atoms in total. The zero-order valence-electron chi connectivity index (χ0n) is 21.0.